The highest BCUT2D eigenvalue weighted by Gasteiger charge is 2.33. The molecule has 0 radical (unpaired) electrons. The number of aliphatic hydroxyl groups excluding tert-OH is 1. The Labute approximate surface area is 133 Å². The van der Waals surface area contributed by atoms with Crippen molar-refractivity contribution in [3.05, 3.63) is 34.9 Å². The Morgan fingerprint density at radius 2 is 2.10 bits per heavy atom. The molecule has 1 aliphatic heterocycles. The molecule has 2 rings (SSSR count). The fourth-order valence-corrected chi connectivity index (χ4v) is 3.55. The van der Waals surface area contributed by atoms with Gasteiger partial charge in [0, 0.05) is 23.7 Å². The quantitative estimate of drug-likeness (QED) is 0.812. The maximum absolute atomic E-state index is 9.10. The van der Waals surface area contributed by atoms with Gasteiger partial charge in [-0.15, -0.1) is 0 Å². The molecule has 1 aromatic carbocycles. The van der Waals surface area contributed by atoms with Crippen LogP contribution in [-0.2, 0) is 0 Å². The van der Waals surface area contributed by atoms with Crippen LogP contribution in [0.3, 0.4) is 0 Å². The largest absolute Gasteiger partial charge is 0.396 e. The molecule has 1 aliphatic rings. The molecule has 0 aliphatic carbocycles. The number of nitrogens with zero attached hydrogens (tertiary/aromatic N) is 1. The lowest BCUT2D eigenvalue weighted by Gasteiger charge is -2.37. The van der Waals surface area contributed by atoms with Crippen molar-refractivity contribution in [3.63, 3.8) is 0 Å². The first-order chi connectivity index (χ1) is 10.2. The van der Waals surface area contributed by atoms with Crippen LogP contribution >= 0.6 is 11.6 Å². The molecule has 0 aromatic heterocycles. The van der Waals surface area contributed by atoms with Gasteiger partial charge in [0.15, 0.2) is 0 Å². The average Bonchev–Trinajstić information content (AvgIpc) is 2.95. The monoisotopic (exact) mass is 310 g/mol. The summed E-state index contributed by atoms with van der Waals surface area (Å²) in [7, 11) is 0. The molecular weight excluding hydrogens is 284 g/mol. The molecule has 3 atom stereocenters. The van der Waals surface area contributed by atoms with E-state index in [-0.39, 0.29) is 18.7 Å². The number of nitrogens with two attached hydrogens (primary N) is 1. The van der Waals surface area contributed by atoms with Crippen molar-refractivity contribution in [2.24, 2.45) is 5.73 Å². The fraction of sp³-hybridized carbons (Fsp3) is 0.647. The zero-order chi connectivity index (χ0) is 15.2. The van der Waals surface area contributed by atoms with E-state index in [1.807, 2.05) is 12.1 Å². The summed E-state index contributed by atoms with van der Waals surface area (Å²) in [4.78, 5) is 2.55. The van der Waals surface area contributed by atoms with Gasteiger partial charge in [0.25, 0.3) is 0 Å². The second-order valence-electron chi connectivity index (χ2n) is 5.97. The normalized spacial score (nSPS) is 22.4. The van der Waals surface area contributed by atoms with E-state index in [4.69, 9.17) is 22.4 Å². The number of rotatable bonds is 7. The van der Waals surface area contributed by atoms with Gasteiger partial charge < -0.3 is 10.8 Å². The van der Waals surface area contributed by atoms with Crippen LogP contribution in [0.15, 0.2) is 24.3 Å². The lowest BCUT2D eigenvalue weighted by molar-refractivity contribution is 0.140. The summed E-state index contributed by atoms with van der Waals surface area (Å²) in [5, 5.41) is 9.86. The number of hydrogen-bond acceptors (Lipinski definition) is 3. The Kier molecular flexibility index (Phi) is 6.49. The Morgan fingerprint density at radius 1 is 1.38 bits per heavy atom. The molecule has 118 valence electrons. The van der Waals surface area contributed by atoms with Gasteiger partial charge in [-0.3, -0.25) is 4.90 Å². The number of likely N-dealkylation sites (tertiary alicyclic amines) is 1. The van der Waals surface area contributed by atoms with Gasteiger partial charge in [0.1, 0.15) is 0 Å². The molecule has 0 bridgehead atoms. The Morgan fingerprint density at radius 3 is 2.71 bits per heavy atom. The molecular formula is C17H27ClN2O. The highest BCUT2D eigenvalue weighted by atomic mass is 35.5. The molecule has 1 fully saturated rings. The van der Waals surface area contributed by atoms with Crippen molar-refractivity contribution in [1.82, 2.24) is 4.90 Å². The van der Waals surface area contributed by atoms with Crippen molar-refractivity contribution < 1.29 is 5.11 Å². The molecule has 21 heavy (non-hydrogen) atoms. The predicted molar refractivity (Wildman–Crippen MR) is 88.5 cm³/mol. The molecule has 3 nitrogen and oxygen atoms in total. The first-order valence-corrected chi connectivity index (χ1v) is 8.42. The van der Waals surface area contributed by atoms with Gasteiger partial charge in [-0.25, -0.2) is 0 Å². The maximum atomic E-state index is 9.10. The van der Waals surface area contributed by atoms with Crippen molar-refractivity contribution in [2.45, 2.75) is 57.2 Å². The number of benzene rings is 1. The predicted octanol–water partition coefficient (Wildman–Crippen LogP) is 3.36. The third-order valence-electron chi connectivity index (χ3n) is 4.56. The van der Waals surface area contributed by atoms with Crippen LogP contribution in [-0.4, -0.2) is 35.2 Å². The summed E-state index contributed by atoms with van der Waals surface area (Å²) in [5.41, 5.74) is 7.69. The van der Waals surface area contributed by atoms with E-state index < -0.39 is 0 Å². The minimum absolute atomic E-state index is 0.126. The molecule has 1 heterocycles. The van der Waals surface area contributed by atoms with Crippen LogP contribution in [0.1, 0.15) is 50.6 Å². The summed E-state index contributed by atoms with van der Waals surface area (Å²) in [6, 6.07) is 9.01. The van der Waals surface area contributed by atoms with E-state index in [1.165, 1.54) is 18.4 Å². The minimum atomic E-state index is 0.126. The third kappa shape index (κ3) is 4.19. The smallest absolute Gasteiger partial charge is 0.0502 e. The lowest BCUT2D eigenvalue weighted by Crippen LogP contribution is -2.43. The van der Waals surface area contributed by atoms with Gasteiger partial charge >= 0.3 is 0 Å². The van der Waals surface area contributed by atoms with Gasteiger partial charge in [-0.2, -0.15) is 0 Å². The molecule has 4 heteroatoms. The molecule has 3 unspecified atom stereocenters. The second-order valence-corrected chi connectivity index (χ2v) is 6.40. The fourth-order valence-electron chi connectivity index (χ4n) is 3.43. The van der Waals surface area contributed by atoms with Crippen LogP contribution in [0, 0.1) is 0 Å². The van der Waals surface area contributed by atoms with Crippen molar-refractivity contribution in [3.8, 4) is 0 Å². The first kappa shape index (κ1) is 16.8. The second kappa shape index (κ2) is 8.14. The Bertz CT molecular complexity index is 423. The van der Waals surface area contributed by atoms with Crippen LogP contribution in [0.5, 0.6) is 0 Å². The number of halogens is 1. The van der Waals surface area contributed by atoms with Crippen LogP contribution in [0.25, 0.3) is 0 Å². The molecule has 0 saturated carbocycles. The summed E-state index contributed by atoms with van der Waals surface area (Å²) < 4.78 is 0. The summed E-state index contributed by atoms with van der Waals surface area (Å²) in [6.07, 6.45) is 5.31. The van der Waals surface area contributed by atoms with Crippen molar-refractivity contribution >= 4 is 11.6 Å². The van der Waals surface area contributed by atoms with Crippen molar-refractivity contribution in [1.29, 1.82) is 0 Å². The van der Waals surface area contributed by atoms with E-state index >= 15 is 0 Å². The zero-order valence-electron chi connectivity index (χ0n) is 12.8. The first-order valence-electron chi connectivity index (χ1n) is 8.05. The molecule has 0 spiro atoms. The highest BCUT2D eigenvalue weighted by molar-refractivity contribution is 6.30. The van der Waals surface area contributed by atoms with Crippen molar-refractivity contribution in [2.75, 3.05) is 13.2 Å². The van der Waals surface area contributed by atoms with E-state index in [1.54, 1.807) is 0 Å². The summed E-state index contributed by atoms with van der Waals surface area (Å²) in [6.45, 7) is 3.51. The summed E-state index contributed by atoms with van der Waals surface area (Å²) in [5.74, 6) is 0. The van der Waals surface area contributed by atoms with Gasteiger partial charge in [-0.1, -0.05) is 30.7 Å². The van der Waals surface area contributed by atoms with E-state index in [0.29, 0.717) is 6.04 Å². The number of aliphatic hydroxyl groups is 1. The zero-order valence-corrected chi connectivity index (χ0v) is 13.6. The van der Waals surface area contributed by atoms with Crippen LogP contribution in [0.4, 0.5) is 0 Å². The van der Waals surface area contributed by atoms with E-state index in [2.05, 4.69) is 24.0 Å². The van der Waals surface area contributed by atoms with E-state index in [0.717, 1.165) is 30.8 Å². The maximum Gasteiger partial charge on any atom is 0.0502 e. The Balaban J connectivity index is 2.20. The molecule has 0 amide bonds. The summed E-state index contributed by atoms with van der Waals surface area (Å²) >= 11 is 6.01. The molecule has 3 N–H and O–H groups in total. The highest BCUT2D eigenvalue weighted by Crippen LogP contribution is 2.34. The lowest BCUT2D eigenvalue weighted by atomic mass is 9.95. The van der Waals surface area contributed by atoms with Gasteiger partial charge in [-0.05, 0) is 56.3 Å². The van der Waals surface area contributed by atoms with E-state index in [9.17, 15) is 0 Å². The minimum Gasteiger partial charge on any atom is -0.396 e. The van der Waals surface area contributed by atoms with Gasteiger partial charge in [0.2, 0.25) is 0 Å². The molecule has 1 aromatic rings. The topological polar surface area (TPSA) is 49.5 Å². The van der Waals surface area contributed by atoms with Crippen LogP contribution in [0.2, 0.25) is 5.02 Å². The van der Waals surface area contributed by atoms with Gasteiger partial charge in [0.05, 0.1) is 6.04 Å². The average molecular weight is 311 g/mol. The Hall–Kier alpha value is -0.610. The SMILES string of the molecule is CCC(N)C(c1ccc(Cl)cc1)N1CCCC1CCCO. The number of hydrogen-bond donors (Lipinski definition) is 2. The van der Waals surface area contributed by atoms with Crippen LogP contribution < -0.4 is 5.73 Å². The molecule has 1 saturated heterocycles. The third-order valence-corrected chi connectivity index (χ3v) is 4.82. The standard InChI is InChI=1S/C17H27ClN2O/c1-2-16(19)17(13-7-9-14(18)10-8-13)20-11-3-5-15(20)6-4-12-21/h7-10,15-17,21H,2-6,11-12,19H2,1H3.